The zero-order chi connectivity index (χ0) is 17.9. The lowest BCUT2D eigenvalue weighted by atomic mass is 10.1. The van der Waals surface area contributed by atoms with E-state index in [-0.39, 0.29) is 23.4 Å². The minimum atomic E-state index is -2.97. The minimum absolute atomic E-state index is 0.120. The topological polar surface area (TPSA) is 88.1 Å². The highest BCUT2D eigenvalue weighted by atomic mass is 32.2. The van der Waals surface area contributed by atoms with Crippen LogP contribution in [-0.4, -0.2) is 54.7 Å². The first kappa shape index (κ1) is 17.5. The first-order valence-electron chi connectivity index (χ1n) is 8.04. The summed E-state index contributed by atoms with van der Waals surface area (Å²) >= 11 is 0. The van der Waals surface area contributed by atoms with Gasteiger partial charge in [-0.25, -0.2) is 12.8 Å². The normalized spacial score (nSPS) is 18.9. The summed E-state index contributed by atoms with van der Waals surface area (Å²) < 4.78 is 36.1. The average molecular weight is 365 g/mol. The van der Waals surface area contributed by atoms with E-state index in [1.807, 2.05) is 0 Å². The van der Waals surface area contributed by atoms with Crippen molar-refractivity contribution in [1.29, 1.82) is 0 Å². The van der Waals surface area contributed by atoms with Crippen molar-refractivity contribution in [3.05, 3.63) is 41.8 Å². The second kappa shape index (κ2) is 7.30. The fourth-order valence-electron chi connectivity index (χ4n) is 2.76. The van der Waals surface area contributed by atoms with Crippen LogP contribution < -0.4 is 10.2 Å². The molecule has 2 heterocycles. The van der Waals surface area contributed by atoms with Crippen molar-refractivity contribution in [2.24, 2.45) is 0 Å². The Morgan fingerprint density at radius 1 is 1.32 bits per heavy atom. The summed E-state index contributed by atoms with van der Waals surface area (Å²) in [6, 6.07) is 6.24. The average Bonchev–Trinajstić information content (AvgIpc) is 2.96. The van der Waals surface area contributed by atoms with Gasteiger partial charge in [0.25, 0.3) is 0 Å². The van der Waals surface area contributed by atoms with E-state index in [1.54, 1.807) is 24.1 Å². The molecule has 0 radical (unpaired) electrons. The molecule has 3 rings (SSSR count). The van der Waals surface area contributed by atoms with Gasteiger partial charge in [-0.15, -0.1) is 5.10 Å². The third-order valence-corrected chi connectivity index (χ3v) is 6.00. The Hall–Kier alpha value is -2.29. The van der Waals surface area contributed by atoms with Crippen LogP contribution in [0, 0.1) is 5.82 Å². The Balaban J connectivity index is 1.58. The molecule has 1 aliphatic rings. The van der Waals surface area contributed by atoms with Crippen LogP contribution in [-0.2, 0) is 16.3 Å². The van der Waals surface area contributed by atoms with Crippen molar-refractivity contribution < 1.29 is 12.8 Å². The summed E-state index contributed by atoms with van der Waals surface area (Å²) in [5, 5.41) is 11.1. The smallest absolute Gasteiger partial charge is 0.247 e. The maximum Gasteiger partial charge on any atom is 0.247 e. The van der Waals surface area contributed by atoms with E-state index < -0.39 is 9.84 Å². The number of nitrogens with one attached hydrogen (secondary N) is 1. The first-order valence-corrected chi connectivity index (χ1v) is 9.86. The Morgan fingerprint density at radius 3 is 2.76 bits per heavy atom. The molecule has 25 heavy (non-hydrogen) atoms. The molecule has 2 aromatic rings. The maximum absolute atomic E-state index is 12.9. The fraction of sp³-hybridized carbons (Fsp3) is 0.438. The molecule has 1 atom stereocenters. The number of halogens is 1. The van der Waals surface area contributed by atoms with Crippen molar-refractivity contribution in [3.63, 3.8) is 0 Å². The number of hydrogen-bond donors (Lipinski definition) is 1. The lowest BCUT2D eigenvalue weighted by Gasteiger charge is -2.22. The molecule has 1 saturated heterocycles. The summed E-state index contributed by atoms with van der Waals surface area (Å²) in [6.07, 6.45) is 2.81. The molecule has 1 aliphatic heterocycles. The highest BCUT2D eigenvalue weighted by Gasteiger charge is 2.31. The molecular formula is C16H20FN5O2S. The van der Waals surface area contributed by atoms with Gasteiger partial charge in [-0.2, -0.15) is 10.1 Å². The second-order valence-electron chi connectivity index (χ2n) is 6.11. The Bertz CT molecular complexity index is 829. The molecule has 0 saturated carbocycles. The van der Waals surface area contributed by atoms with Crippen LogP contribution in [0.2, 0.25) is 0 Å². The molecule has 0 spiro atoms. The van der Waals surface area contributed by atoms with Gasteiger partial charge >= 0.3 is 0 Å². The lowest BCUT2D eigenvalue weighted by Crippen LogP contribution is -2.34. The summed E-state index contributed by atoms with van der Waals surface area (Å²) in [7, 11) is -1.18. The summed E-state index contributed by atoms with van der Waals surface area (Å²) in [5.74, 6) is 1.03. The SMILES string of the molecule is CN(c1nncc(NCCc2ccc(F)cc2)n1)C1CCS(=O)(=O)C1. The van der Waals surface area contributed by atoms with Gasteiger partial charge in [0, 0.05) is 19.6 Å². The predicted octanol–water partition coefficient (Wildman–Crippen LogP) is 1.29. The molecule has 1 fully saturated rings. The molecule has 1 N–H and O–H groups in total. The number of rotatable bonds is 6. The highest BCUT2D eigenvalue weighted by Crippen LogP contribution is 2.20. The molecule has 0 amide bonds. The van der Waals surface area contributed by atoms with Gasteiger partial charge in [-0.1, -0.05) is 12.1 Å². The standard InChI is InChI=1S/C16H20FN5O2S/c1-22(14-7-9-25(23,24)11-14)16-20-15(10-19-21-16)18-8-6-12-2-4-13(17)5-3-12/h2-5,10,14H,6-9,11H2,1H3,(H,18,20,21). The van der Waals surface area contributed by atoms with Gasteiger partial charge in [0.05, 0.1) is 17.7 Å². The van der Waals surface area contributed by atoms with Crippen molar-refractivity contribution in [1.82, 2.24) is 15.2 Å². The van der Waals surface area contributed by atoms with E-state index >= 15 is 0 Å². The number of anilines is 2. The molecular weight excluding hydrogens is 345 g/mol. The zero-order valence-corrected chi connectivity index (χ0v) is 14.7. The quantitative estimate of drug-likeness (QED) is 0.825. The summed E-state index contributed by atoms with van der Waals surface area (Å²) in [5.41, 5.74) is 1.02. The lowest BCUT2D eigenvalue weighted by molar-refractivity contribution is 0.600. The van der Waals surface area contributed by atoms with Crippen molar-refractivity contribution in [3.8, 4) is 0 Å². The Morgan fingerprint density at radius 2 is 2.08 bits per heavy atom. The number of benzene rings is 1. The predicted molar refractivity (Wildman–Crippen MR) is 93.9 cm³/mol. The molecule has 7 nitrogen and oxygen atoms in total. The van der Waals surface area contributed by atoms with Gasteiger partial charge in [-0.3, -0.25) is 0 Å². The van der Waals surface area contributed by atoms with Crippen molar-refractivity contribution in [2.75, 3.05) is 35.3 Å². The fourth-order valence-corrected chi connectivity index (χ4v) is 4.53. The highest BCUT2D eigenvalue weighted by molar-refractivity contribution is 7.91. The van der Waals surface area contributed by atoms with Crippen LogP contribution in [0.5, 0.6) is 0 Å². The van der Waals surface area contributed by atoms with Gasteiger partial charge in [0.15, 0.2) is 15.7 Å². The Labute approximate surface area is 146 Å². The van der Waals surface area contributed by atoms with E-state index in [1.165, 1.54) is 18.3 Å². The molecule has 1 unspecified atom stereocenters. The van der Waals surface area contributed by atoms with Gasteiger partial charge in [0.2, 0.25) is 5.95 Å². The van der Waals surface area contributed by atoms with E-state index in [9.17, 15) is 12.8 Å². The third-order valence-electron chi connectivity index (χ3n) is 4.25. The zero-order valence-electron chi connectivity index (χ0n) is 13.9. The maximum atomic E-state index is 12.9. The van der Waals surface area contributed by atoms with E-state index in [0.717, 1.165) is 12.0 Å². The summed E-state index contributed by atoms with van der Waals surface area (Å²) in [6.45, 7) is 0.616. The van der Waals surface area contributed by atoms with Gasteiger partial charge < -0.3 is 10.2 Å². The monoisotopic (exact) mass is 365 g/mol. The molecule has 0 aliphatic carbocycles. The molecule has 9 heteroatoms. The van der Waals surface area contributed by atoms with E-state index in [2.05, 4.69) is 20.5 Å². The van der Waals surface area contributed by atoms with Crippen LogP contribution >= 0.6 is 0 Å². The van der Waals surface area contributed by atoms with E-state index in [0.29, 0.717) is 24.7 Å². The largest absolute Gasteiger partial charge is 0.368 e. The molecule has 1 aromatic carbocycles. The Kier molecular flexibility index (Phi) is 5.12. The molecule has 1 aromatic heterocycles. The van der Waals surface area contributed by atoms with Crippen LogP contribution in [0.1, 0.15) is 12.0 Å². The minimum Gasteiger partial charge on any atom is -0.368 e. The van der Waals surface area contributed by atoms with Crippen LogP contribution in [0.25, 0.3) is 0 Å². The van der Waals surface area contributed by atoms with Crippen LogP contribution in [0.4, 0.5) is 16.2 Å². The number of hydrogen-bond acceptors (Lipinski definition) is 7. The van der Waals surface area contributed by atoms with Crippen molar-refractivity contribution in [2.45, 2.75) is 18.9 Å². The third kappa shape index (κ3) is 4.62. The van der Waals surface area contributed by atoms with Gasteiger partial charge in [0.1, 0.15) is 5.82 Å². The first-order chi connectivity index (χ1) is 11.9. The number of sulfone groups is 1. The second-order valence-corrected chi connectivity index (χ2v) is 8.34. The molecule has 134 valence electrons. The number of nitrogens with zero attached hydrogens (tertiary/aromatic N) is 4. The van der Waals surface area contributed by atoms with E-state index in [4.69, 9.17) is 0 Å². The van der Waals surface area contributed by atoms with Crippen LogP contribution in [0.3, 0.4) is 0 Å². The van der Waals surface area contributed by atoms with Gasteiger partial charge in [-0.05, 0) is 30.5 Å². The molecule has 0 bridgehead atoms. The van der Waals surface area contributed by atoms with Crippen LogP contribution in [0.15, 0.2) is 30.5 Å². The number of aromatic nitrogens is 3. The summed E-state index contributed by atoms with van der Waals surface area (Å²) in [4.78, 5) is 6.16. The van der Waals surface area contributed by atoms with Crippen molar-refractivity contribution >= 4 is 21.6 Å².